The van der Waals surface area contributed by atoms with E-state index in [-0.39, 0.29) is 35.2 Å². The van der Waals surface area contributed by atoms with E-state index >= 15 is 0 Å². The second-order valence-electron chi connectivity index (χ2n) is 10.9. The molecular weight excluding hydrogens is 654 g/mol. The first kappa shape index (κ1) is 36.1. The molecule has 1 atom stereocenters. The molecule has 0 fully saturated rings. The van der Waals surface area contributed by atoms with Gasteiger partial charge >= 0.3 is 0 Å². The highest BCUT2D eigenvalue weighted by atomic mass is 35.5. The number of amides is 2. The lowest BCUT2D eigenvalue weighted by Gasteiger charge is -2.34. The van der Waals surface area contributed by atoms with Crippen molar-refractivity contribution >= 4 is 39.1 Å². The Balaban J connectivity index is 1.82. The van der Waals surface area contributed by atoms with E-state index in [4.69, 9.17) is 25.8 Å². The molecule has 254 valence electrons. The first-order chi connectivity index (χ1) is 23.1. The maximum Gasteiger partial charge on any atom is 0.264 e. The SMILES string of the molecule is CCCNC(=O)[C@H](Cc1ccccc1)N(Cc1cccc(OC)c1)C(=O)CN(c1ccc(Cl)cc1)S(=O)(=O)c1ccc(OC)c(OC)c1. The minimum Gasteiger partial charge on any atom is -0.497 e. The fraction of sp³-hybridized carbons (Fsp3) is 0.278. The summed E-state index contributed by atoms with van der Waals surface area (Å²) < 4.78 is 45.8. The fourth-order valence-electron chi connectivity index (χ4n) is 5.13. The summed E-state index contributed by atoms with van der Waals surface area (Å²) >= 11 is 6.16. The molecule has 4 rings (SSSR count). The highest BCUT2D eigenvalue weighted by Crippen LogP contribution is 2.33. The second-order valence-corrected chi connectivity index (χ2v) is 13.2. The van der Waals surface area contributed by atoms with E-state index in [0.717, 1.165) is 9.87 Å². The van der Waals surface area contributed by atoms with Gasteiger partial charge in [0.2, 0.25) is 11.8 Å². The van der Waals surface area contributed by atoms with Gasteiger partial charge < -0.3 is 24.4 Å². The zero-order valence-corrected chi connectivity index (χ0v) is 29.0. The Morgan fingerprint density at radius 2 is 1.50 bits per heavy atom. The van der Waals surface area contributed by atoms with Crippen LogP contribution < -0.4 is 23.8 Å². The molecule has 48 heavy (non-hydrogen) atoms. The predicted octanol–water partition coefficient (Wildman–Crippen LogP) is 5.73. The van der Waals surface area contributed by atoms with Crippen molar-refractivity contribution in [3.8, 4) is 17.2 Å². The van der Waals surface area contributed by atoms with Crippen LogP contribution >= 0.6 is 11.6 Å². The summed E-state index contributed by atoms with van der Waals surface area (Å²) in [5.41, 5.74) is 1.74. The summed E-state index contributed by atoms with van der Waals surface area (Å²) in [5.74, 6) is 0.184. The molecule has 0 unspecified atom stereocenters. The molecule has 0 aliphatic heterocycles. The summed E-state index contributed by atoms with van der Waals surface area (Å²) in [6, 6.07) is 25.9. The smallest absolute Gasteiger partial charge is 0.264 e. The predicted molar refractivity (Wildman–Crippen MR) is 186 cm³/mol. The van der Waals surface area contributed by atoms with Crippen LogP contribution in [-0.4, -0.2) is 65.6 Å². The van der Waals surface area contributed by atoms with Gasteiger partial charge in [-0.15, -0.1) is 0 Å². The van der Waals surface area contributed by atoms with Crippen molar-refractivity contribution in [2.75, 3.05) is 38.7 Å². The third kappa shape index (κ3) is 8.99. The third-order valence-electron chi connectivity index (χ3n) is 7.64. The molecule has 4 aromatic rings. The third-order valence-corrected chi connectivity index (χ3v) is 9.67. The number of sulfonamides is 1. The van der Waals surface area contributed by atoms with Gasteiger partial charge in [-0.2, -0.15) is 0 Å². The first-order valence-electron chi connectivity index (χ1n) is 15.4. The van der Waals surface area contributed by atoms with Gasteiger partial charge in [0.1, 0.15) is 18.3 Å². The quantitative estimate of drug-likeness (QED) is 0.160. The molecular formula is C36H40ClN3O7S. The number of methoxy groups -OCH3 is 3. The van der Waals surface area contributed by atoms with E-state index in [9.17, 15) is 18.0 Å². The Kier molecular flexibility index (Phi) is 12.7. The number of nitrogens with one attached hydrogen (secondary N) is 1. The van der Waals surface area contributed by atoms with Crippen LogP contribution in [0.4, 0.5) is 5.69 Å². The lowest BCUT2D eigenvalue weighted by atomic mass is 10.0. The summed E-state index contributed by atoms with van der Waals surface area (Å²) in [6.07, 6.45) is 0.900. The van der Waals surface area contributed by atoms with Gasteiger partial charge in [0.15, 0.2) is 11.5 Å². The van der Waals surface area contributed by atoms with Gasteiger partial charge in [-0.3, -0.25) is 13.9 Å². The van der Waals surface area contributed by atoms with E-state index < -0.39 is 28.5 Å². The Morgan fingerprint density at radius 1 is 0.812 bits per heavy atom. The second kappa shape index (κ2) is 16.9. The number of carbonyl (C=O) groups is 2. The lowest BCUT2D eigenvalue weighted by molar-refractivity contribution is -0.140. The molecule has 0 spiro atoms. The Bertz CT molecular complexity index is 1790. The Morgan fingerprint density at radius 3 is 2.15 bits per heavy atom. The van der Waals surface area contributed by atoms with Crippen LogP contribution in [-0.2, 0) is 32.6 Å². The minimum atomic E-state index is -4.37. The monoisotopic (exact) mass is 693 g/mol. The molecule has 0 saturated heterocycles. The average molecular weight is 694 g/mol. The van der Waals surface area contributed by atoms with Crippen LogP contribution in [0.1, 0.15) is 24.5 Å². The fourth-order valence-corrected chi connectivity index (χ4v) is 6.68. The standard InChI is InChI=1S/C36H40ClN3O7S/c1-5-20-38-36(42)32(22-26-10-7-6-8-11-26)39(24-27-12-9-13-30(21-27)45-2)35(41)25-40(29-16-14-28(37)15-17-29)48(43,44)31-18-19-33(46-3)34(23-31)47-4/h6-19,21,23,32H,5,20,22,24-25H2,1-4H3,(H,38,42)/t32-/m0/s1. The van der Waals surface area contributed by atoms with E-state index in [0.29, 0.717) is 35.1 Å². The van der Waals surface area contributed by atoms with E-state index in [1.165, 1.54) is 49.5 Å². The van der Waals surface area contributed by atoms with Gasteiger partial charge in [-0.25, -0.2) is 8.42 Å². The molecule has 4 aromatic carbocycles. The Labute approximate surface area is 287 Å². The number of nitrogens with zero attached hydrogens (tertiary/aromatic N) is 2. The zero-order chi connectivity index (χ0) is 34.7. The van der Waals surface area contributed by atoms with Crippen molar-refractivity contribution in [1.82, 2.24) is 10.2 Å². The normalized spacial score (nSPS) is 11.7. The van der Waals surface area contributed by atoms with Crippen molar-refractivity contribution in [1.29, 1.82) is 0 Å². The van der Waals surface area contributed by atoms with Crippen molar-refractivity contribution in [2.24, 2.45) is 0 Å². The summed E-state index contributed by atoms with van der Waals surface area (Å²) in [7, 11) is 0.0271. The molecule has 0 aromatic heterocycles. The van der Waals surface area contributed by atoms with Gasteiger partial charge in [-0.05, 0) is 66.1 Å². The van der Waals surface area contributed by atoms with E-state index in [1.54, 1.807) is 37.4 Å². The van der Waals surface area contributed by atoms with Crippen LogP contribution in [0.2, 0.25) is 5.02 Å². The molecule has 2 amide bonds. The molecule has 1 N–H and O–H groups in total. The summed E-state index contributed by atoms with van der Waals surface area (Å²) in [4.78, 5) is 29.7. The van der Waals surface area contributed by atoms with Gasteiger partial charge in [-0.1, -0.05) is 61.0 Å². The first-order valence-corrected chi connectivity index (χ1v) is 17.2. The zero-order valence-electron chi connectivity index (χ0n) is 27.4. The van der Waals surface area contributed by atoms with Crippen molar-refractivity contribution in [2.45, 2.75) is 37.2 Å². The number of benzene rings is 4. The number of rotatable bonds is 16. The van der Waals surface area contributed by atoms with E-state index in [2.05, 4.69) is 5.32 Å². The van der Waals surface area contributed by atoms with Gasteiger partial charge in [0.25, 0.3) is 10.0 Å². The Hall–Kier alpha value is -4.74. The number of hydrogen-bond donors (Lipinski definition) is 1. The maximum absolute atomic E-state index is 14.6. The molecule has 0 aliphatic carbocycles. The summed E-state index contributed by atoms with van der Waals surface area (Å²) in [6.45, 7) is 1.75. The maximum atomic E-state index is 14.6. The molecule has 0 radical (unpaired) electrons. The molecule has 0 heterocycles. The molecule has 0 aliphatic rings. The number of hydrogen-bond acceptors (Lipinski definition) is 7. The minimum absolute atomic E-state index is 0.0118. The van der Waals surface area contributed by atoms with Crippen LogP contribution in [0.5, 0.6) is 17.2 Å². The van der Waals surface area contributed by atoms with Crippen molar-refractivity contribution < 1.29 is 32.2 Å². The molecule has 12 heteroatoms. The topological polar surface area (TPSA) is 114 Å². The number of ether oxygens (including phenoxy) is 3. The van der Waals surface area contributed by atoms with Crippen LogP contribution in [0.15, 0.2) is 102 Å². The average Bonchev–Trinajstić information content (AvgIpc) is 3.11. The van der Waals surface area contributed by atoms with Crippen LogP contribution in [0.3, 0.4) is 0 Å². The van der Waals surface area contributed by atoms with Gasteiger partial charge in [0.05, 0.1) is 31.9 Å². The van der Waals surface area contributed by atoms with Crippen LogP contribution in [0.25, 0.3) is 0 Å². The number of anilines is 1. The number of carbonyl (C=O) groups excluding carboxylic acids is 2. The largest absolute Gasteiger partial charge is 0.497 e. The van der Waals surface area contributed by atoms with Crippen LogP contribution in [0, 0.1) is 0 Å². The number of halogens is 1. The molecule has 10 nitrogen and oxygen atoms in total. The highest BCUT2D eigenvalue weighted by Gasteiger charge is 2.35. The molecule has 0 saturated carbocycles. The van der Waals surface area contributed by atoms with Crippen molar-refractivity contribution in [3.05, 3.63) is 113 Å². The highest BCUT2D eigenvalue weighted by molar-refractivity contribution is 7.92. The van der Waals surface area contributed by atoms with E-state index in [1.807, 2.05) is 43.3 Å². The molecule has 0 bridgehead atoms. The summed E-state index contributed by atoms with van der Waals surface area (Å²) in [5, 5.41) is 3.33. The lowest BCUT2D eigenvalue weighted by Crippen LogP contribution is -2.53. The van der Waals surface area contributed by atoms with Gasteiger partial charge in [0, 0.05) is 30.6 Å². The van der Waals surface area contributed by atoms with Crippen molar-refractivity contribution in [3.63, 3.8) is 0 Å².